The van der Waals surface area contributed by atoms with Crippen LogP contribution in [-0.2, 0) is 6.61 Å². The summed E-state index contributed by atoms with van der Waals surface area (Å²) in [5, 5.41) is 19.7. The van der Waals surface area contributed by atoms with E-state index in [0.29, 0.717) is 0 Å². The summed E-state index contributed by atoms with van der Waals surface area (Å²) >= 11 is 0. The van der Waals surface area contributed by atoms with Crippen molar-refractivity contribution >= 4 is 11.7 Å². The van der Waals surface area contributed by atoms with Gasteiger partial charge in [-0.15, -0.1) is 0 Å². The standard InChI is InChI=1S/C14H10FNO5/c15-11-4-2-1-3-10(11)8-21-13-6-5-9(14(17)18)7-12(13)16(19)20/h1-7H,8H2,(H,17,18). The number of nitro groups is 1. The largest absolute Gasteiger partial charge is 0.482 e. The topological polar surface area (TPSA) is 89.7 Å². The molecule has 0 amide bonds. The summed E-state index contributed by atoms with van der Waals surface area (Å²) in [7, 11) is 0. The van der Waals surface area contributed by atoms with E-state index in [2.05, 4.69) is 0 Å². The molecule has 2 aromatic rings. The Labute approximate surface area is 118 Å². The molecule has 0 radical (unpaired) electrons. The van der Waals surface area contributed by atoms with Crippen molar-refractivity contribution in [3.63, 3.8) is 0 Å². The smallest absolute Gasteiger partial charge is 0.335 e. The van der Waals surface area contributed by atoms with Gasteiger partial charge in [-0.25, -0.2) is 9.18 Å². The number of aromatic carboxylic acids is 1. The van der Waals surface area contributed by atoms with E-state index >= 15 is 0 Å². The van der Waals surface area contributed by atoms with Gasteiger partial charge in [0.25, 0.3) is 0 Å². The summed E-state index contributed by atoms with van der Waals surface area (Å²) in [4.78, 5) is 21.0. The molecule has 0 spiro atoms. The molecule has 0 saturated carbocycles. The molecule has 0 heterocycles. The molecule has 0 aliphatic carbocycles. The molecule has 21 heavy (non-hydrogen) atoms. The van der Waals surface area contributed by atoms with Crippen molar-refractivity contribution in [1.29, 1.82) is 0 Å². The highest BCUT2D eigenvalue weighted by atomic mass is 19.1. The Balaban J connectivity index is 2.26. The Kier molecular flexibility index (Phi) is 4.13. The number of nitro benzene ring substituents is 1. The molecule has 6 nitrogen and oxygen atoms in total. The molecule has 0 atom stereocenters. The highest BCUT2D eigenvalue weighted by Gasteiger charge is 2.18. The maximum atomic E-state index is 13.4. The van der Waals surface area contributed by atoms with Gasteiger partial charge in [-0.3, -0.25) is 10.1 Å². The third-order valence-electron chi connectivity index (χ3n) is 2.74. The molecule has 0 unspecified atom stereocenters. The summed E-state index contributed by atoms with van der Waals surface area (Å²) in [5.41, 5.74) is -0.458. The Morgan fingerprint density at radius 3 is 2.62 bits per heavy atom. The first-order chi connectivity index (χ1) is 9.99. The van der Waals surface area contributed by atoms with Gasteiger partial charge in [0.2, 0.25) is 0 Å². The summed E-state index contributed by atoms with van der Waals surface area (Å²) in [5.74, 6) is -1.88. The van der Waals surface area contributed by atoms with Crippen LogP contribution in [-0.4, -0.2) is 16.0 Å². The number of carboxylic acids is 1. The molecule has 2 aromatic carbocycles. The molecule has 0 bridgehead atoms. The number of hydrogen-bond acceptors (Lipinski definition) is 4. The second kappa shape index (κ2) is 6.00. The lowest BCUT2D eigenvalue weighted by molar-refractivity contribution is -0.386. The quantitative estimate of drug-likeness (QED) is 0.675. The number of ether oxygens (including phenoxy) is 1. The first kappa shape index (κ1) is 14.4. The lowest BCUT2D eigenvalue weighted by Crippen LogP contribution is -2.03. The lowest BCUT2D eigenvalue weighted by Gasteiger charge is -2.08. The van der Waals surface area contributed by atoms with Crippen LogP contribution in [0.2, 0.25) is 0 Å². The number of carbonyl (C=O) groups is 1. The Hall–Kier alpha value is -2.96. The van der Waals surface area contributed by atoms with Crippen LogP contribution in [0.3, 0.4) is 0 Å². The number of nitrogens with zero attached hydrogens (tertiary/aromatic N) is 1. The van der Waals surface area contributed by atoms with E-state index < -0.39 is 22.4 Å². The van der Waals surface area contributed by atoms with Crippen LogP contribution in [0.1, 0.15) is 15.9 Å². The third kappa shape index (κ3) is 3.33. The summed E-state index contributed by atoms with van der Waals surface area (Å²) in [6.45, 7) is -0.195. The van der Waals surface area contributed by atoms with E-state index in [1.807, 2.05) is 0 Å². The van der Waals surface area contributed by atoms with E-state index in [-0.39, 0.29) is 23.5 Å². The highest BCUT2D eigenvalue weighted by Crippen LogP contribution is 2.29. The van der Waals surface area contributed by atoms with Gasteiger partial charge in [0, 0.05) is 11.6 Å². The van der Waals surface area contributed by atoms with Crippen molar-refractivity contribution < 1.29 is 24.0 Å². The van der Waals surface area contributed by atoms with E-state index in [1.54, 1.807) is 6.07 Å². The normalized spacial score (nSPS) is 10.1. The van der Waals surface area contributed by atoms with Crippen LogP contribution in [0.25, 0.3) is 0 Å². The zero-order chi connectivity index (χ0) is 15.4. The molecule has 2 rings (SSSR count). The molecule has 0 saturated heterocycles. The highest BCUT2D eigenvalue weighted by molar-refractivity contribution is 5.88. The monoisotopic (exact) mass is 291 g/mol. The van der Waals surface area contributed by atoms with Crippen molar-refractivity contribution in [3.8, 4) is 5.75 Å². The minimum absolute atomic E-state index is 0.117. The number of halogens is 1. The third-order valence-corrected chi connectivity index (χ3v) is 2.74. The average molecular weight is 291 g/mol. The Morgan fingerprint density at radius 1 is 1.29 bits per heavy atom. The summed E-state index contributed by atoms with van der Waals surface area (Å²) in [6, 6.07) is 9.15. The van der Waals surface area contributed by atoms with Crippen LogP contribution in [0, 0.1) is 15.9 Å². The average Bonchev–Trinajstić information content (AvgIpc) is 2.46. The minimum Gasteiger partial charge on any atom is -0.482 e. The van der Waals surface area contributed by atoms with E-state index in [9.17, 15) is 19.3 Å². The van der Waals surface area contributed by atoms with Gasteiger partial charge >= 0.3 is 11.7 Å². The van der Waals surface area contributed by atoms with Gasteiger partial charge in [-0.05, 0) is 18.2 Å². The van der Waals surface area contributed by atoms with E-state index in [4.69, 9.17) is 9.84 Å². The minimum atomic E-state index is -1.28. The van der Waals surface area contributed by atoms with Gasteiger partial charge in [-0.2, -0.15) is 0 Å². The molecule has 1 N–H and O–H groups in total. The Bertz CT molecular complexity index is 702. The number of carboxylic acid groups (broad SMARTS) is 1. The predicted molar refractivity (Wildman–Crippen MR) is 70.8 cm³/mol. The first-order valence-corrected chi connectivity index (χ1v) is 5.87. The fourth-order valence-electron chi connectivity index (χ4n) is 1.69. The summed E-state index contributed by atoms with van der Waals surface area (Å²) < 4.78 is 18.7. The second-order valence-electron chi connectivity index (χ2n) is 4.12. The van der Waals surface area contributed by atoms with Crippen LogP contribution >= 0.6 is 0 Å². The molecule has 0 fully saturated rings. The van der Waals surface area contributed by atoms with Crippen molar-refractivity contribution in [2.45, 2.75) is 6.61 Å². The zero-order valence-corrected chi connectivity index (χ0v) is 10.7. The molecular weight excluding hydrogens is 281 g/mol. The molecule has 0 aliphatic heterocycles. The van der Waals surface area contributed by atoms with Crippen LogP contribution in [0.4, 0.5) is 10.1 Å². The van der Waals surface area contributed by atoms with Crippen molar-refractivity contribution in [2.24, 2.45) is 0 Å². The zero-order valence-electron chi connectivity index (χ0n) is 10.7. The molecule has 0 aromatic heterocycles. The molecular formula is C14H10FNO5. The van der Waals surface area contributed by atoms with Gasteiger partial charge in [0.15, 0.2) is 5.75 Å². The predicted octanol–water partition coefficient (Wildman–Crippen LogP) is 3.01. The van der Waals surface area contributed by atoms with E-state index in [0.717, 1.165) is 6.07 Å². The van der Waals surface area contributed by atoms with Gasteiger partial charge < -0.3 is 9.84 Å². The van der Waals surface area contributed by atoms with Crippen molar-refractivity contribution in [1.82, 2.24) is 0 Å². The van der Waals surface area contributed by atoms with Gasteiger partial charge in [0.1, 0.15) is 12.4 Å². The van der Waals surface area contributed by atoms with Crippen molar-refractivity contribution in [2.75, 3.05) is 0 Å². The lowest BCUT2D eigenvalue weighted by atomic mass is 10.2. The maximum Gasteiger partial charge on any atom is 0.335 e. The maximum absolute atomic E-state index is 13.4. The number of rotatable bonds is 5. The van der Waals surface area contributed by atoms with Gasteiger partial charge in [0.05, 0.1) is 10.5 Å². The number of hydrogen-bond donors (Lipinski definition) is 1. The van der Waals surface area contributed by atoms with Gasteiger partial charge in [-0.1, -0.05) is 18.2 Å². The number of benzene rings is 2. The second-order valence-corrected chi connectivity index (χ2v) is 4.12. The molecule has 108 valence electrons. The van der Waals surface area contributed by atoms with Crippen molar-refractivity contribution in [3.05, 3.63) is 69.5 Å². The van der Waals surface area contributed by atoms with E-state index in [1.165, 1.54) is 30.3 Å². The summed E-state index contributed by atoms with van der Waals surface area (Å²) in [6.07, 6.45) is 0. The van der Waals surface area contributed by atoms with Crippen LogP contribution < -0.4 is 4.74 Å². The first-order valence-electron chi connectivity index (χ1n) is 5.87. The SMILES string of the molecule is O=C(O)c1ccc(OCc2ccccc2F)c([N+](=O)[O-])c1. The molecule has 7 heteroatoms. The van der Waals surface area contributed by atoms with Crippen LogP contribution in [0.15, 0.2) is 42.5 Å². The van der Waals surface area contributed by atoms with Crippen LogP contribution in [0.5, 0.6) is 5.75 Å². The Morgan fingerprint density at radius 2 is 2.00 bits per heavy atom. The molecule has 0 aliphatic rings. The fraction of sp³-hybridized carbons (Fsp3) is 0.0714. The fourth-order valence-corrected chi connectivity index (χ4v) is 1.69.